The van der Waals surface area contributed by atoms with Gasteiger partial charge in [0.05, 0.1) is 6.10 Å². The number of halogens is 1. The molecule has 2 saturated carbocycles. The molecule has 2 fully saturated rings. The van der Waals surface area contributed by atoms with Crippen LogP contribution in [0.15, 0.2) is 24.8 Å². The van der Waals surface area contributed by atoms with Crippen molar-refractivity contribution < 1.29 is 66.3 Å². The Morgan fingerprint density at radius 2 is 1.42 bits per heavy atom. The van der Waals surface area contributed by atoms with Gasteiger partial charge < -0.3 is 26.4 Å². The molecule has 2 aliphatic carbocycles. The molecule has 9 nitrogen and oxygen atoms in total. The number of anilines is 2. The Kier molecular flexibility index (Phi) is 15.8. The molecule has 2 aliphatic rings. The second kappa shape index (κ2) is 16.1. The summed E-state index contributed by atoms with van der Waals surface area (Å²) in [5, 5.41) is 18.9. The van der Waals surface area contributed by atoms with Gasteiger partial charge >= 0.3 is 51.4 Å². The number of hydrogen-bond acceptors (Lipinski definition) is 9. The van der Waals surface area contributed by atoms with Gasteiger partial charge in [0.2, 0.25) is 5.88 Å². The zero-order valence-corrected chi connectivity index (χ0v) is 22.7. The molecule has 0 bridgehead atoms. The minimum Gasteiger partial charge on any atom is -0.850 e. The summed E-state index contributed by atoms with van der Waals surface area (Å²) in [6, 6.07) is 3.14. The van der Waals surface area contributed by atoms with Crippen molar-refractivity contribution in [3.8, 4) is 5.88 Å². The van der Waals surface area contributed by atoms with Crippen LogP contribution >= 0.6 is 11.6 Å². The Hall–Kier alpha value is -0.594. The predicted molar refractivity (Wildman–Crippen MR) is 116 cm³/mol. The number of aliphatic hydroxyl groups excluding tert-OH is 1. The second-order valence-corrected chi connectivity index (χ2v) is 8.30. The number of ether oxygens (including phenoxy) is 1. The standard InChI is InChI=1S/C8H11N3O.C4H4ClN3.C4H8O.C4H9O.K/c9-7-4-8(11-5-10-7)12-6-2-1-3-6;5-3-1-4(6)8-2-7-3;5-4-2-1-3-4;1-4(2,3)5;/h4-6H,1-3H2,(H2,9,10,11);1-2H,(H2,6,7,8);4-5H,1-3H2;1-3H3;/q;;;-1;+1. The second-order valence-electron chi connectivity index (χ2n) is 7.91. The van der Waals surface area contributed by atoms with Gasteiger partial charge in [-0.25, -0.2) is 19.9 Å². The van der Waals surface area contributed by atoms with Gasteiger partial charge in [-0.15, -0.1) is 5.60 Å². The number of rotatable bonds is 2. The van der Waals surface area contributed by atoms with E-state index in [1.165, 1.54) is 31.6 Å². The third kappa shape index (κ3) is 17.6. The van der Waals surface area contributed by atoms with E-state index in [9.17, 15) is 5.11 Å². The SMILES string of the molecule is CC(C)(C)[O-].Nc1cc(Cl)ncn1.Nc1cc(OC2CCC2)ncn1.OC1CCC1.[K+]. The van der Waals surface area contributed by atoms with Crippen molar-refractivity contribution in [1.82, 2.24) is 19.9 Å². The molecule has 0 spiro atoms. The van der Waals surface area contributed by atoms with Gasteiger partial charge in [0, 0.05) is 12.1 Å². The molecule has 168 valence electrons. The molecule has 11 heteroatoms. The van der Waals surface area contributed by atoms with E-state index < -0.39 is 5.60 Å². The van der Waals surface area contributed by atoms with E-state index in [-0.39, 0.29) is 57.5 Å². The molecule has 0 aromatic carbocycles. The molecule has 0 unspecified atom stereocenters. The van der Waals surface area contributed by atoms with Crippen LogP contribution in [0.5, 0.6) is 5.88 Å². The first-order chi connectivity index (χ1) is 14.0. The maximum absolute atomic E-state index is 10.1. The van der Waals surface area contributed by atoms with E-state index in [4.69, 9.17) is 32.9 Å². The molecule has 0 amide bonds. The molecule has 31 heavy (non-hydrogen) atoms. The number of nitrogens with two attached hydrogens (primary N) is 2. The molecule has 0 saturated heterocycles. The minimum atomic E-state index is -0.750. The van der Waals surface area contributed by atoms with Gasteiger partial charge in [0.25, 0.3) is 0 Å². The Bertz CT molecular complexity index is 720. The van der Waals surface area contributed by atoms with Gasteiger partial charge in [-0.1, -0.05) is 32.4 Å². The van der Waals surface area contributed by atoms with Crippen molar-refractivity contribution in [2.45, 2.75) is 77.1 Å². The largest absolute Gasteiger partial charge is 1.00 e. The van der Waals surface area contributed by atoms with Crippen molar-refractivity contribution in [2.75, 3.05) is 11.5 Å². The van der Waals surface area contributed by atoms with Gasteiger partial charge in [-0.2, -0.15) is 0 Å². The van der Waals surface area contributed by atoms with Crippen LogP contribution in [-0.4, -0.2) is 42.9 Å². The molecule has 4 rings (SSSR count). The topological polar surface area (TPSA) is 156 Å². The van der Waals surface area contributed by atoms with Gasteiger partial charge in [-0.05, 0) is 38.5 Å². The first kappa shape index (κ1) is 30.4. The van der Waals surface area contributed by atoms with E-state index in [0.29, 0.717) is 28.8 Å². The van der Waals surface area contributed by atoms with Gasteiger partial charge in [0.15, 0.2) is 0 Å². The number of aliphatic hydroxyl groups is 1. The van der Waals surface area contributed by atoms with Crippen molar-refractivity contribution in [3.05, 3.63) is 29.9 Å². The predicted octanol–water partition coefficient (Wildman–Crippen LogP) is -0.617. The Morgan fingerprint density at radius 1 is 0.968 bits per heavy atom. The van der Waals surface area contributed by atoms with E-state index in [1.807, 2.05) is 0 Å². The zero-order chi connectivity index (χ0) is 22.6. The summed E-state index contributed by atoms with van der Waals surface area (Å²) in [4.78, 5) is 15.0. The van der Waals surface area contributed by atoms with Crippen LogP contribution in [0.1, 0.15) is 59.3 Å². The smallest absolute Gasteiger partial charge is 0.850 e. The van der Waals surface area contributed by atoms with Crippen molar-refractivity contribution in [2.24, 2.45) is 0 Å². The van der Waals surface area contributed by atoms with Crippen LogP contribution < -0.4 is 72.7 Å². The van der Waals surface area contributed by atoms with Crippen LogP contribution in [0.3, 0.4) is 0 Å². The fraction of sp³-hybridized carbons (Fsp3) is 0.600. The monoisotopic (exact) mass is 478 g/mol. The Balaban J connectivity index is 0.000000413. The molecule has 0 atom stereocenters. The molecule has 0 radical (unpaired) electrons. The van der Waals surface area contributed by atoms with Crippen LogP contribution in [-0.2, 0) is 0 Å². The van der Waals surface area contributed by atoms with Crippen molar-refractivity contribution in [3.63, 3.8) is 0 Å². The van der Waals surface area contributed by atoms with Crippen LogP contribution in [0.2, 0.25) is 5.15 Å². The molecule has 2 heterocycles. The number of hydrogen-bond donors (Lipinski definition) is 3. The first-order valence-electron chi connectivity index (χ1n) is 9.88. The summed E-state index contributed by atoms with van der Waals surface area (Å²) in [6.07, 6.45) is 9.98. The van der Waals surface area contributed by atoms with Crippen molar-refractivity contribution in [1.29, 1.82) is 0 Å². The van der Waals surface area contributed by atoms with E-state index in [1.54, 1.807) is 26.8 Å². The van der Waals surface area contributed by atoms with Crippen LogP contribution in [0.25, 0.3) is 0 Å². The number of nitrogens with zero attached hydrogens (tertiary/aromatic N) is 4. The number of nitrogen functional groups attached to an aromatic ring is 2. The number of aromatic nitrogens is 4. The summed E-state index contributed by atoms with van der Waals surface area (Å²) in [7, 11) is 0. The minimum absolute atomic E-state index is 0. The summed E-state index contributed by atoms with van der Waals surface area (Å²) in [5.74, 6) is 1.44. The van der Waals surface area contributed by atoms with Gasteiger partial charge in [0.1, 0.15) is 35.5 Å². The quantitative estimate of drug-likeness (QED) is 0.378. The third-order valence-corrected chi connectivity index (χ3v) is 3.94. The average Bonchev–Trinajstić information content (AvgIpc) is 2.56. The fourth-order valence-corrected chi connectivity index (χ4v) is 1.97. The first-order valence-corrected chi connectivity index (χ1v) is 10.3. The maximum Gasteiger partial charge on any atom is 1.00 e. The average molecular weight is 479 g/mol. The Labute approximate surface area is 231 Å². The Morgan fingerprint density at radius 3 is 1.71 bits per heavy atom. The molecule has 2 aromatic rings. The third-order valence-electron chi connectivity index (χ3n) is 3.73. The molecular formula is C20H32ClKN6O3. The maximum atomic E-state index is 10.1. The molecule has 2 aromatic heterocycles. The molecule has 0 aliphatic heterocycles. The summed E-state index contributed by atoms with van der Waals surface area (Å²) >= 11 is 5.41. The molecule has 5 N–H and O–H groups in total. The van der Waals surface area contributed by atoms with Crippen molar-refractivity contribution >= 4 is 23.2 Å². The van der Waals surface area contributed by atoms with Gasteiger partial charge in [-0.3, -0.25) is 0 Å². The van der Waals surface area contributed by atoms with Crippen LogP contribution in [0, 0.1) is 0 Å². The summed E-state index contributed by atoms with van der Waals surface area (Å²) < 4.78 is 5.50. The normalized spacial score (nSPS) is 15.0. The van der Waals surface area contributed by atoms with E-state index in [2.05, 4.69) is 19.9 Å². The van der Waals surface area contributed by atoms with Crippen LogP contribution in [0.4, 0.5) is 11.6 Å². The zero-order valence-electron chi connectivity index (χ0n) is 18.8. The summed E-state index contributed by atoms with van der Waals surface area (Å²) in [6.45, 7) is 4.90. The van der Waals surface area contributed by atoms with E-state index >= 15 is 0 Å². The van der Waals surface area contributed by atoms with E-state index in [0.717, 1.165) is 25.7 Å². The fourth-order valence-electron chi connectivity index (χ4n) is 1.81. The summed E-state index contributed by atoms with van der Waals surface area (Å²) in [5.41, 5.74) is 9.94. The molecular weight excluding hydrogens is 447 g/mol.